The Morgan fingerprint density at radius 1 is 1.44 bits per heavy atom. The Labute approximate surface area is 96.0 Å². The molecule has 1 aliphatic carbocycles. The highest BCUT2D eigenvalue weighted by atomic mass is 16.2. The first-order valence-electron chi connectivity index (χ1n) is 5.75. The number of carbonyl (C=O) groups is 1. The minimum absolute atomic E-state index is 0.0497. The smallest absolute Gasteiger partial charge is 0.230 e. The highest BCUT2D eigenvalue weighted by molar-refractivity contribution is 5.91. The van der Waals surface area contributed by atoms with Gasteiger partial charge in [0, 0.05) is 12.6 Å². The second-order valence-corrected chi connectivity index (χ2v) is 4.56. The van der Waals surface area contributed by atoms with Crippen molar-refractivity contribution in [1.82, 2.24) is 5.32 Å². The zero-order chi connectivity index (χ0) is 11.6. The lowest BCUT2D eigenvalue weighted by atomic mass is 9.95. The third kappa shape index (κ3) is 1.95. The first kappa shape index (κ1) is 11.1. The van der Waals surface area contributed by atoms with E-state index in [-0.39, 0.29) is 17.4 Å². The van der Waals surface area contributed by atoms with E-state index < -0.39 is 0 Å². The van der Waals surface area contributed by atoms with E-state index in [9.17, 15) is 4.79 Å². The van der Waals surface area contributed by atoms with Crippen LogP contribution in [0.1, 0.15) is 25.3 Å². The van der Waals surface area contributed by atoms with Crippen LogP contribution >= 0.6 is 0 Å². The standard InChI is InChI=1S/C13H18N2O/c1-10(9-14)15-12(16)13(7-8-13)11-5-3-2-4-6-11/h2-6,10H,7-9,14H2,1H3,(H,15,16)/t10-/m0/s1. The average molecular weight is 218 g/mol. The van der Waals surface area contributed by atoms with Crippen molar-refractivity contribution in [3.63, 3.8) is 0 Å². The number of nitrogens with two attached hydrogens (primary N) is 1. The molecule has 16 heavy (non-hydrogen) atoms. The Balaban J connectivity index is 2.12. The molecule has 1 aliphatic rings. The summed E-state index contributed by atoms with van der Waals surface area (Å²) < 4.78 is 0. The van der Waals surface area contributed by atoms with Gasteiger partial charge in [0.15, 0.2) is 0 Å². The summed E-state index contributed by atoms with van der Waals surface area (Å²) in [6.45, 7) is 2.41. The van der Waals surface area contributed by atoms with Crippen LogP contribution in [-0.2, 0) is 10.2 Å². The molecule has 1 amide bonds. The molecule has 1 fully saturated rings. The Morgan fingerprint density at radius 3 is 2.56 bits per heavy atom. The maximum absolute atomic E-state index is 12.1. The molecule has 1 saturated carbocycles. The molecule has 1 aromatic rings. The van der Waals surface area contributed by atoms with Crippen LogP contribution in [0.25, 0.3) is 0 Å². The van der Waals surface area contributed by atoms with Crippen LogP contribution in [-0.4, -0.2) is 18.5 Å². The monoisotopic (exact) mass is 218 g/mol. The van der Waals surface area contributed by atoms with Gasteiger partial charge >= 0.3 is 0 Å². The van der Waals surface area contributed by atoms with Crippen LogP contribution in [0.15, 0.2) is 30.3 Å². The van der Waals surface area contributed by atoms with Crippen LogP contribution < -0.4 is 11.1 Å². The molecule has 0 aliphatic heterocycles. The molecule has 2 rings (SSSR count). The molecule has 3 heteroatoms. The SMILES string of the molecule is C[C@@H](CN)NC(=O)C1(c2ccccc2)CC1. The molecule has 0 saturated heterocycles. The number of nitrogens with one attached hydrogen (secondary N) is 1. The molecule has 3 nitrogen and oxygen atoms in total. The van der Waals surface area contributed by atoms with Gasteiger partial charge in [0.1, 0.15) is 0 Å². The van der Waals surface area contributed by atoms with Gasteiger partial charge in [-0.25, -0.2) is 0 Å². The van der Waals surface area contributed by atoms with Crippen molar-refractivity contribution in [1.29, 1.82) is 0 Å². The third-order valence-corrected chi connectivity index (χ3v) is 3.24. The first-order valence-corrected chi connectivity index (χ1v) is 5.75. The molecule has 0 unspecified atom stereocenters. The fourth-order valence-corrected chi connectivity index (χ4v) is 1.95. The molecular formula is C13H18N2O. The van der Waals surface area contributed by atoms with E-state index in [0.717, 1.165) is 18.4 Å². The summed E-state index contributed by atoms with van der Waals surface area (Å²) in [4.78, 5) is 12.1. The predicted molar refractivity (Wildman–Crippen MR) is 64.0 cm³/mol. The summed E-state index contributed by atoms with van der Waals surface area (Å²) in [5.74, 6) is 0.122. The largest absolute Gasteiger partial charge is 0.352 e. The summed E-state index contributed by atoms with van der Waals surface area (Å²) in [7, 11) is 0. The average Bonchev–Trinajstić information content (AvgIpc) is 3.11. The quantitative estimate of drug-likeness (QED) is 0.797. The summed E-state index contributed by atoms with van der Waals surface area (Å²) in [5, 5.41) is 2.97. The molecule has 0 spiro atoms. The molecular weight excluding hydrogens is 200 g/mol. The van der Waals surface area contributed by atoms with Gasteiger partial charge in [-0.05, 0) is 25.3 Å². The number of hydrogen-bond acceptors (Lipinski definition) is 2. The zero-order valence-corrected chi connectivity index (χ0v) is 9.57. The van der Waals surface area contributed by atoms with Crippen molar-refractivity contribution >= 4 is 5.91 Å². The zero-order valence-electron chi connectivity index (χ0n) is 9.57. The summed E-state index contributed by atoms with van der Waals surface area (Å²) in [6.07, 6.45) is 1.89. The van der Waals surface area contributed by atoms with E-state index in [1.165, 1.54) is 0 Å². The van der Waals surface area contributed by atoms with E-state index in [1.54, 1.807) is 0 Å². The van der Waals surface area contributed by atoms with Crippen LogP contribution in [0.3, 0.4) is 0 Å². The number of benzene rings is 1. The molecule has 0 aromatic heterocycles. The highest BCUT2D eigenvalue weighted by Crippen LogP contribution is 2.48. The molecule has 0 bridgehead atoms. The Morgan fingerprint density at radius 2 is 2.06 bits per heavy atom. The normalized spacial score (nSPS) is 18.9. The van der Waals surface area contributed by atoms with Crippen LogP contribution in [0.4, 0.5) is 0 Å². The fraction of sp³-hybridized carbons (Fsp3) is 0.462. The Bertz CT molecular complexity index is 371. The van der Waals surface area contributed by atoms with E-state index in [1.807, 2.05) is 37.3 Å². The number of carbonyl (C=O) groups excluding carboxylic acids is 1. The van der Waals surface area contributed by atoms with Gasteiger partial charge in [0.05, 0.1) is 5.41 Å². The van der Waals surface area contributed by atoms with Gasteiger partial charge in [-0.3, -0.25) is 4.79 Å². The van der Waals surface area contributed by atoms with Crippen molar-refractivity contribution < 1.29 is 4.79 Å². The summed E-state index contributed by atoms with van der Waals surface area (Å²) in [5.41, 5.74) is 6.36. The number of hydrogen-bond donors (Lipinski definition) is 2. The number of rotatable bonds is 4. The Kier molecular flexibility index (Phi) is 2.97. The predicted octanol–water partition coefficient (Wildman–Crippen LogP) is 1.18. The molecule has 3 N–H and O–H groups in total. The maximum atomic E-state index is 12.1. The van der Waals surface area contributed by atoms with Crippen molar-refractivity contribution in [3.05, 3.63) is 35.9 Å². The second-order valence-electron chi connectivity index (χ2n) is 4.56. The molecule has 0 heterocycles. The minimum atomic E-state index is -0.273. The van der Waals surface area contributed by atoms with Gasteiger partial charge in [-0.2, -0.15) is 0 Å². The summed E-state index contributed by atoms with van der Waals surface area (Å²) >= 11 is 0. The lowest BCUT2D eigenvalue weighted by molar-refractivity contribution is -0.124. The molecule has 1 aromatic carbocycles. The third-order valence-electron chi connectivity index (χ3n) is 3.24. The summed E-state index contributed by atoms with van der Waals surface area (Å²) in [6, 6.07) is 10.0. The lowest BCUT2D eigenvalue weighted by Crippen LogP contribution is -2.43. The van der Waals surface area contributed by atoms with Crippen LogP contribution in [0, 0.1) is 0 Å². The van der Waals surface area contributed by atoms with Crippen molar-refractivity contribution in [3.8, 4) is 0 Å². The van der Waals surface area contributed by atoms with Crippen molar-refractivity contribution in [2.75, 3.05) is 6.54 Å². The topological polar surface area (TPSA) is 55.1 Å². The van der Waals surface area contributed by atoms with Crippen molar-refractivity contribution in [2.45, 2.75) is 31.2 Å². The molecule has 1 atom stereocenters. The van der Waals surface area contributed by atoms with E-state index >= 15 is 0 Å². The van der Waals surface area contributed by atoms with E-state index in [4.69, 9.17) is 5.73 Å². The van der Waals surface area contributed by atoms with Gasteiger partial charge in [0.2, 0.25) is 5.91 Å². The fourth-order valence-electron chi connectivity index (χ4n) is 1.95. The Hall–Kier alpha value is -1.35. The maximum Gasteiger partial charge on any atom is 0.230 e. The molecule has 0 radical (unpaired) electrons. The van der Waals surface area contributed by atoms with Gasteiger partial charge in [-0.15, -0.1) is 0 Å². The van der Waals surface area contributed by atoms with E-state index in [0.29, 0.717) is 6.54 Å². The molecule has 86 valence electrons. The van der Waals surface area contributed by atoms with Crippen LogP contribution in [0.2, 0.25) is 0 Å². The highest BCUT2D eigenvalue weighted by Gasteiger charge is 2.51. The van der Waals surface area contributed by atoms with Crippen LogP contribution in [0.5, 0.6) is 0 Å². The lowest BCUT2D eigenvalue weighted by Gasteiger charge is -2.18. The first-order chi connectivity index (χ1) is 7.69. The van der Waals surface area contributed by atoms with Crippen molar-refractivity contribution in [2.24, 2.45) is 5.73 Å². The number of amides is 1. The van der Waals surface area contributed by atoms with Gasteiger partial charge < -0.3 is 11.1 Å². The minimum Gasteiger partial charge on any atom is -0.352 e. The van der Waals surface area contributed by atoms with Gasteiger partial charge in [0.25, 0.3) is 0 Å². The van der Waals surface area contributed by atoms with Gasteiger partial charge in [-0.1, -0.05) is 30.3 Å². The van der Waals surface area contributed by atoms with E-state index in [2.05, 4.69) is 5.32 Å². The second kappa shape index (κ2) is 4.26.